The second-order valence-electron chi connectivity index (χ2n) is 4.64. The van der Waals surface area contributed by atoms with E-state index < -0.39 is 15.6 Å². The number of carboxylic acid groups (broad SMARTS) is 1. The molecule has 0 bridgehead atoms. The Labute approximate surface area is 119 Å². The number of hydrogen-bond donors (Lipinski definition) is 1. The van der Waals surface area contributed by atoms with Gasteiger partial charge in [-0.05, 0) is 13.8 Å². The van der Waals surface area contributed by atoms with E-state index in [9.17, 15) is 14.9 Å². The van der Waals surface area contributed by atoms with Crippen molar-refractivity contribution in [3.63, 3.8) is 0 Å². The van der Waals surface area contributed by atoms with Crippen LogP contribution in [0.4, 0.5) is 5.69 Å². The largest absolute Gasteiger partial charge is 0.486 e. The number of aliphatic carboxylic acids is 1. The summed E-state index contributed by atoms with van der Waals surface area (Å²) >= 11 is 0.905. The van der Waals surface area contributed by atoms with Crippen LogP contribution in [0.5, 0.6) is 11.5 Å². The van der Waals surface area contributed by atoms with Gasteiger partial charge in [0.25, 0.3) is 5.69 Å². The molecule has 7 nitrogen and oxygen atoms in total. The van der Waals surface area contributed by atoms with Gasteiger partial charge in [0, 0.05) is 6.07 Å². The molecule has 0 unspecified atom stereocenters. The van der Waals surface area contributed by atoms with Gasteiger partial charge in [0.1, 0.15) is 18.0 Å². The van der Waals surface area contributed by atoms with Crippen LogP contribution in [0.25, 0.3) is 0 Å². The first-order valence-electron chi connectivity index (χ1n) is 5.82. The Balaban J connectivity index is 2.45. The summed E-state index contributed by atoms with van der Waals surface area (Å²) in [6.07, 6.45) is 0. The van der Waals surface area contributed by atoms with Crippen LogP contribution in [0.2, 0.25) is 0 Å². The van der Waals surface area contributed by atoms with Gasteiger partial charge >= 0.3 is 5.97 Å². The topological polar surface area (TPSA) is 98.9 Å². The molecule has 0 saturated heterocycles. The van der Waals surface area contributed by atoms with Gasteiger partial charge in [0.2, 0.25) is 0 Å². The zero-order valence-electron chi connectivity index (χ0n) is 10.9. The van der Waals surface area contributed by atoms with E-state index in [0.717, 1.165) is 11.8 Å². The van der Waals surface area contributed by atoms with Gasteiger partial charge in [-0.1, -0.05) is 0 Å². The second-order valence-corrected chi connectivity index (χ2v) is 6.30. The lowest BCUT2D eigenvalue weighted by atomic mass is 10.2. The Kier molecular flexibility index (Phi) is 3.76. The lowest BCUT2D eigenvalue weighted by molar-refractivity contribution is -0.387. The molecule has 1 aromatic carbocycles. The number of rotatable bonds is 4. The van der Waals surface area contributed by atoms with Crippen LogP contribution >= 0.6 is 11.8 Å². The van der Waals surface area contributed by atoms with Crippen LogP contribution in [0.3, 0.4) is 0 Å². The molecule has 0 fully saturated rings. The maximum absolute atomic E-state index is 11.1. The van der Waals surface area contributed by atoms with Gasteiger partial charge in [0.15, 0.2) is 11.5 Å². The number of fused-ring (bicyclic) bond motifs is 1. The molecule has 20 heavy (non-hydrogen) atoms. The second kappa shape index (κ2) is 5.20. The van der Waals surface area contributed by atoms with Crippen LogP contribution in [0.15, 0.2) is 17.0 Å². The molecule has 0 amide bonds. The molecule has 0 aromatic heterocycles. The number of nitrogens with zero attached hydrogens (tertiary/aromatic N) is 1. The number of carboxylic acids is 1. The van der Waals surface area contributed by atoms with Crippen molar-refractivity contribution in [3.05, 3.63) is 22.2 Å². The molecular weight excluding hydrogens is 286 g/mol. The highest BCUT2D eigenvalue weighted by atomic mass is 32.2. The van der Waals surface area contributed by atoms with Crippen molar-refractivity contribution in [2.24, 2.45) is 0 Å². The van der Waals surface area contributed by atoms with Gasteiger partial charge in [-0.2, -0.15) is 0 Å². The van der Waals surface area contributed by atoms with Crippen LogP contribution in [0.1, 0.15) is 13.8 Å². The molecule has 1 aliphatic rings. The SMILES string of the molecule is CC(C)(Sc1cc2c(cc1[N+](=O)[O-])OCCO2)C(=O)O. The Hall–Kier alpha value is -1.96. The Morgan fingerprint density at radius 3 is 2.40 bits per heavy atom. The maximum Gasteiger partial charge on any atom is 0.319 e. The van der Waals surface area contributed by atoms with E-state index in [1.165, 1.54) is 26.0 Å². The molecule has 0 spiro atoms. The molecule has 8 heteroatoms. The van der Waals surface area contributed by atoms with E-state index in [1.807, 2.05) is 0 Å². The minimum atomic E-state index is -1.19. The van der Waals surface area contributed by atoms with Crippen molar-refractivity contribution in [1.82, 2.24) is 0 Å². The van der Waals surface area contributed by atoms with Crippen molar-refractivity contribution in [2.45, 2.75) is 23.5 Å². The Bertz CT molecular complexity index is 571. The van der Waals surface area contributed by atoms with Crippen molar-refractivity contribution >= 4 is 23.4 Å². The summed E-state index contributed by atoms with van der Waals surface area (Å²) in [4.78, 5) is 21.9. The highest BCUT2D eigenvalue weighted by Crippen LogP contribution is 2.44. The summed E-state index contributed by atoms with van der Waals surface area (Å²) in [5.74, 6) is -0.349. The van der Waals surface area contributed by atoms with E-state index in [1.54, 1.807) is 0 Å². The van der Waals surface area contributed by atoms with Crippen molar-refractivity contribution in [1.29, 1.82) is 0 Å². The predicted molar refractivity (Wildman–Crippen MR) is 71.7 cm³/mol. The minimum Gasteiger partial charge on any atom is -0.486 e. The van der Waals surface area contributed by atoms with E-state index in [-0.39, 0.29) is 10.6 Å². The lowest BCUT2D eigenvalue weighted by Gasteiger charge is -2.21. The third-order valence-corrected chi connectivity index (χ3v) is 3.93. The molecule has 1 aromatic rings. The van der Waals surface area contributed by atoms with Crippen molar-refractivity contribution in [2.75, 3.05) is 13.2 Å². The molecule has 0 atom stereocenters. The fraction of sp³-hybridized carbons (Fsp3) is 0.417. The van der Waals surface area contributed by atoms with E-state index in [2.05, 4.69) is 0 Å². The number of nitro benzene ring substituents is 1. The standard InChI is InChI=1S/C12H13NO6S/c1-12(2,11(14)15)20-10-6-9-8(18-3-4-19-9)5-7(10)13(16)17/h5-6H,3-4H2,1-2H3,(H,14,15). The predicted octanol–water partition coefficient (Wildman–Crippen LogP) is 2.32. The maximum atomic E-state index is 11.1. The van der Waals surface area contributed by atoms with Crippen LogP contribution < -0.4 is 9.47 Å². The first-order valence-corrected chi connectivity index (χ1v) is 6.63. The number of thioether (sulfide) groups is 1. The molecule has 2 rings (SSSR count). The monoisotopic (exact) mass is 299 g/mol. The first-order chi connectivity index (χ1) is 9.31. The van der Waals surface area contributed by atoms with Gasteiger partial charge in [-0.15, -0.1) is 11.8 Å². The zero-order chi connectivity index (χ0) is 14.9. The van der Waals surface area contributed by atoms with E-state index in [0.29, 0.717) is 24.7 Å². The highest BCUT2D eigenvalue weighted by Gasteiger charge is 2.33. The summed E-state index contributed by atoms with van der Waals surface area (Å²) in [6.45, 7) is 3.66. The Morgan fingerprint density at radius 2 is 1.90 bits per heavy atom. The summed E-state index contributed by atoms with van der Waals surface area (Å²) in [7, 11) is 0. The molecule has 1 aliphatic heterocycles. The molecule has 0 aliphatic carbocycles. The fourth-order valence-electron chi connectivity index (χ4n) is 1.60. The Morgan fingerprint density at radius 1 is 1.35 bits per heavy atom. The van der Waals surface area contributed by atoms with Crippen LogP contribution in [-0.2, 0) is 4.79 Å². The number of ether oxygens (including phenoxy) is 2. The smallest absolute Gasteiger partial charge is 0.319 e. The van der Waals surface area contributed by atoms with Gasteiger partial charge in [-0.25, -0.2) is 0 Å². The van der Waals surface area contributed by atoms with Crippen LogP contribution in [0, 0.1) is 10.1 Å². The summed E-state index contributed by atoms with van der Waals surface area (Å²) in [5.41, 5.74) is -0.187. The van der Waals surface area contributed by atoms with Gasteiger partial charge in [0.05, 0.1) is 15.9 Å². The van der Waals surface area contributed by atoms with Gasteiger partial charge < -0.3 is 14.6 Å². The normalized spacial score (nSPS) is 13.9. The van der Waals surface area contributed by atoms with Gasteiger partial charge in [-0.3, -0.25) is 14.9 Å². The summed E-state index contributed by atoms with van der Waals surface area (Å²) < 4.78 is 9.47. The average molecular weight is 299 g/mol. The number of nitro groups is 1. The van der Waals surface area contributed by atoms with E-state index >= 15 is 0 Å². The molecule has 1 heterocycles. The van der Waals surface area contributed by atoms with E-state index in [4.69, 9.17) is 14.6 Å². The molecule has 0 radical (unpaired) electrons. The third kappa shape index (κ3) is 2.79. The molecular formula is C12H13NO6S. The number of carbonyl (C=O) groups is 1. The fourth-order valence-corrected chi connectivity index (χ4v) is 2.64. The first kappa shape index (κ1) is 14.4. The minimum absolute atomic E-state index is 0.187. The lowest BCUT2D eigenvalue weighted by Crippen LogP contribution is -2.27. The molecule has 1 N–H and O–H groups in total. The molecule has 108 valence electrons. The zero-order valence-corrected chi connectivity index (χ0v) is 11.7. The third-order valence-electron chi connectivity index (χ3n) is 2.70. The number of hydrogen-bond acceptors (Lipinski definition) is 6. The van der Waals surface area contributed by atoms with Crippen molar-refractivity contribution < 1.29 is 24.3 Å². The number of benzene rings is 1. The van der Waals surface area contributed by atoms with Crippen molar-refractivity contribution in [3.8, 4) is 11.5 Å². The summed E-state index contributed by atoms with van der Waals surface area (Å²) in [6, 6.07) is 2.73. The molecule has 0 saturated carbocycles. The van der Waals surface area contributed by atoms with Crippen LogP contribution in [-0.4, -0.2) is 34.0 Å². The summed E-state index contributed by atoms with van der Waals surface area (Å²) in [5, 5.41) is 20.2. The quantitative estimate of drug-likeness (QED) is 0.517. The average Bonchev–Trinajstić information content (AvgIpc) is 2.37. The highest BCUT2D eigenvalue weighted by molar-refractivity contribution is 8.01.